The topological polar surface area (TPSA) is 67.6 Å². The second-order valence-corrected chi connectivity index (χ2v) is 3.22. The Morgan fingerprint density at radius 1 is 1.40 bits per heavy atom. The molecule has 0 saturated carbocycles. The fourth-order valence-corrected chi connectivity index (χ4v) is 1.38. The van der Waals surface area contributed by atoms with Crippen LogP contribution in [0.3, 0.4) is 0 Å². The van der Waals surface area contributed by atoms with E-state index in [0.29, 0.717) is 18.1 Å². The number of nitrogen functional groups attached to an aromatic ring is 1. The highest BCUT2D eigenvalue weighted by molar-refractivity contribution is 5.30. The van der Waals surface area contributed by atoms with Gasteiger partial charge in [0.05, 0.1) is 0 Å². The van der Waals surface area contributed by atoms with E-state index < -0.39 is 0 Å². The molecule has 0 radical (unpaired) electrons. The van der Waals surface area contributed by atoms with Crippen molar-refractivity contribution in [1.82, 2.24) is 9.55 Å². The van der Waals surface area contributed by atoms with Crippen molar-refractivity contribution in [3.63, 3.8) is 0 Å². The molecule has 2 heterocycles. The normalized spacial score (nSPS) is 9.80. The van der Waals surface area contributed by atoms with Gasteiger partial charge in [0.1, 0.15) is 17.6 Å². The van der Waals surface area contributed by atoms with Gasteiger partial charge in [-0.1, -0.05) is 6.07 Å². The van der Waals surface area contributed by atoms with Crippen LogP contribution in [-0.2, 0) is 6.54 Å². The first-order chi connectivity index (χ1) is 7.29. The van der Waals surface area contributed by atoms with E-state index in [1.807, 2.05) is 22.9 Å². The lowest BCUT2D eigenvalue weighted by Crippen LogP contribution is -2.01. The predicted molar refractivity (Wildman–Crippen MR) is 56.9 cm³/mol. The quantitative estimate of drug-likeness (QED) is 0.792. The highest BCUT2D eigenvalue weighted by Crippen LogP contribution is 2.07. The molecule has 0 aliphatic heterocycles. The van der Waals surface area contributed by atoms with Crippen molar-refractivity contribution in [3.8, 4) is 6.07 Å². The van der Waals surface area contributed by atoms with Crippen LogP contribution in [0, 0.1) is 11.3 Å². The molecule has 2 aromatic rings. The Morgan fingerprint density at radius 3 is 2.93 bits per heavy atom. The fourth-order valence-electron chi connectivity index (χ4n) is 1.38. The molecule has 0 fully saturated rings. The Kier molecular flexibility index (Phi) is 2.38. The van der Waals surface area contributed by atoms with Gasteiger partial charge in [-0.25, -0.2) is 4.98 Å². The zero-order valence-electron chi connectivity index (χ0n) is 8.09. The first kappa shape index (κ1) is 9.28. The Bertz CT molecular complexity index is 490. The fraction of sp³-hybridized carbons (Fsp3) is 0.0909. The van der Waals surface area contributed by atoms with Crippen molar-refractivity contribution in [2.45, 2.75) is 6.54 Å². The van der Waals surface area contributed by atoms with Crippen molar-refractivity contribution >= 4 is 5.82 Å². The summed E-state index contributed by atoms with van der Waals surface area (Å²) in [6, 6.07) is 9.42. The molecule has 0 saturated heterocycles. The lowest BCUT2D eigenvalue weighted by atomic mass is 10.3. The van der Waals surface area contributed by atoms with Crippen LogP contribution in [-0.4, -0.2) is 9.55 Å². The van der Waals surface area contributed by atoms with Crippen LogP contribution in [0.5, 0.6) is 0 Å². The van der Waals surface area contributed by atoms with Crippen molar-refractivity contribution < 1.29 is 0 Å². The number of nitrogens with zero attached hydrogens (tertiary/aromatic N) is 3. The molecule has 2 aromatic heterocycles. The summed E-state index contributed by atoms with van der Waals surface area (Å²) < 4.78 is 1.87. The SMILES string of the molecule is N#Cc1cccn1Cc1ccc(N)nc1. The van der Waals surface area contributed by atoms with E-state index in [-0.39, 0.29) is 0 Å². The highest BCUT2D eigenvalue weighted by atomic mass is 15.0. The zero-order valence-corrected chi connectivity index (χ0v) is 8.09. The van der Waals surface area contributed by atoms with E-state index in [2.05, 4.69) is 11.1 Å². The smallest absolute Gasteiger partial charge is 0.123 e. The number of nitrogens with two attached hydrogens (primary N) is 1. The average molecular weight is 198 g/mol. The van der Waals surface area contributed by atoms with Gasteiger partial charge >= 0.3 is 0 Å². The summed E-state index contributed by atoms with van der Waals surface area (Å²) in [5.74, 6) is 0.506. The van der Waals surface area contributed by atoms with E-state index in [9.17, 15) is 0 Å². The number of hydrogen-bond donors (Lipinski definition) is 1. The molecule has 4 heteroatoms. The van der Waals surface area contributed by atoms with Crippen molar-refractivity contribution in [1.29, 1.82) is 5.26 Å². The van der Waals surface area contributed by atoms with Gasteiger partial charge in [-0.3, -0.25) is 0 Å². The molecule has 0 atom stereocenters. The Hall–Kier alpha value is -2.28. The van der Waals surface area contributed by atoms with E-state index in [1.54, 1.807) is 18.3 Å². The molecule has 0 bridgehead atoms. The first-order valence-electron chi connectivity index (χ1n) is 4.55. The summed E-state index contributed by atoms with van der Waals surface area (Å²) in [5.41, 5.74) is 7.16. The van der Waals surface area contributed by atoms with Gasteiger partial charge in [-0.05, 0) is 23.8 Å². The number of hydrogen-bond acceptors (Lipinski definition) is 3. The lowest BCUT2D eigenvalue weighted by Gasteiger charge is -2.04. The molecule has 74 valence electrons. The van der Waals surface area contributed by atoms with Crippen LogP contribution in [0.15, 0.2) is 36.7 Å². The van der Waals surface area contributed by atoms with Crippen molar-refractivity contribution in [2.24, 2.45) is 0 Å². The molecule has 15 heavy (non-hydrogen) atoms. The minimum absolute atomic E-state index is 0.506. The van der Waals surface area contributed by atoms with Crippen LogP contribution >= 0.6 is 0 Å². The van der Waals surface area contributed by atoms with Crippen molar-refractivity contribution in [3.05, 3.63) is 47.9 Å². The molecule has 2 rings (SSSR count). The third-order valence-corrected chi connectivity index (χ3v) is 2.14. The number of nitriles is 1. The largest absolute Gasteiger partial charge is 0.384 e. The monoisotopic (exact) mass is 198 g/mol. The third kappa shape index (κ3) is 1.97. The summed E-state index contributed by atoms with van der Waals surface area (Å²) in [6.07, 6.45) is 3.59. The minimum atomic E-state index is 0.506. The molecule has 0 spiro atoms. The van der Waals surface area contributed by atoms with Gasteiger partial charge in [0.25, 0.3) is 0 Å². The van der Waals surface area contributed by atoms with Gasteiger partial charge in [-0.2, -0.15) is 5.26 Å². The number of anilines is 1. The zero-order chi connectivity index (χ0) is 10.7. The standard InChI is InChI=1S/C11H10N4/c12-6-10-2-1-5-15(10)8-9-3-4-11(13)14-7-9/h1-5,7H,8H2,(H2,13,14). The first-order valence-corrected chi connectivity index (χ1v) is 4.55. The maximum Gasteiger partial charge on any atom is 0.123 e. The average Bonchev–Trinajstić information content (AvgIpc) is 2.69. The summed E-state index contributed by atoms with van der Waals surface area (Å²) in [5, 5.41) is 8.82. The van der Waals surface area contributed by atoms with Crippen LogP contribution in [0.2, 0.25) is 0 Å². The second-order valence-electron chi connectivity index (χ2n) is 3.22. The molecule has 0 aromatic carbocycles. The highest BCUT2D eigenvalue weighted by Gasteiger charge is 2.00. The summed E-state index contributed by atoms with van der Waals surface area (Å²) in [6.45, 7) is 0.642. The number of pyridine rings is 1. The van der Waals surface area contributed by atoms with Gasteiger partial charge < -0.3 is 10.3 Å². The number of rotatable bonds is 2. The molecule has 0 amide bonds. The Morgan fingerprint density at radius 2 is 2.27 bits per heavy atom. The van der Waals surface area contributed by atoms with E-state index in [4.69, 9.17) is 11.0 Å². The molecule has 2 N–H and O–H groups in total. The summed E-state index contributed by atoms with van der Waals surface area (Å²) >= 11 is 0. The Labute approximate surface area is 87.6 Å². The molecule has 0 unspecified atom stereocenters. The van der Waals surface area contributed by atoms with E-state index >= 15 is 0 Å². The van der Waals surface area contributed by atoms with Crippen LogP contribution in [0.1, 0.15) is 11.3 Å². The van der Waals surface area contributed by atoms with Crippen LogP contribution in [0.25, 0.3) is 0 Å². The van der Waals surface area contributed by atoms with Gasteiger partial charge in [0, 0.05) is 18.9 Å². The maximum absolute atomic E-state index is 8.82. The lowest BCUT2D eigenvalue weighted by molar-refractivity contribution is 0.790. The molecule has 0 aliphatic rings. The van der Waals surface area contributed by atoms with Crippen LogP contribution in [0.4, 0.5) is 5.82 Å². The summed E-state index contributed by atoms with van der Waals surface area (Å²) in [7, 11) is 0. The third-order valence-electron chi connectivity index (χ3n) is 2.14. The van der Waals surface area contributed by atoms with Gasteiger partial charge in [0.15, 0.2) is 0 Å². The Balaban J connectivity index is 2.23. The number of aromatic nitrogens is 2. The van der Waals surface area contributed by atoms with Gasteiger partial charge in [0.2, 0.25) is 0 Å². The molecular formula is C11H10N4. The molecular weight excluding hydrogens is 188 g/mol. The van der Waals surface area contributed by atoms with E-state index in [1.165, 1.54) is 0 Å². The second kappa shape index (κ2) is 3.84. The molecule has 0 aliphatic carbocycles. The predicted octanol–water partition coefficient (Wildman–Crippen LogP) is 1.39. The summed E-state index contributed by atoms with van der Waals surface area (Å²) in [4.78, 5) is 4.00. The van der Waals surface area contributed by atoms with Crippen LogP contribution < -0.4 is 5.73 Å². The van der Waals surface area contributed by atoms with Gasteiger partial charge in [-0.15, -0.1) is 0 Å². The maximum atomic E-state index is 8.82. The minimum Gasteiger partial charge on any atom is -0.384 e. The van der Waals surface area contributed by atoms with E-state index in [0.717, 1.165) is 5.56 Å². The molecule has 4 nitrogen and oxygen atoms in total. The van der Waals surface area contributed by atoms with Crippen molar-refractivity contribution in [2.75, 3.05) is 5.73 Å².